The second-order valence-corrected chi connectivity index (χ2v) is 5.20. The number of amides is 1. The van der Waals surface area contributed by atoms with Crippen molar-refractivity contribution < 1.29 is 14.3 Å². The zero-order valence-electron chi connectivity index (χ0n) is 13.0. The first-order chi connectivity index (χ1) is 10.3. The highest BCUT2D eigenvalue weighted by Gasteiger charge is 2.15. The summed E-state index contributed by atoms with van der Waals surface area (Å²) in [4.78, 5) is 11.8. The van der Waals surface area contributed by atoms with Crippen LogP contribution in [0.15, 0.2) is 24.3 Å². The van der Waals surface area contributed by atoms with Crippen molar-refractivity contribution in [2.75, 3.05) is 26.3 Å². The van der Waals surface area contributed by atoms with Crippen LogP contribution in [0.5, 0.6) is 11.5 Å². The largest absolute Gasteiger partial charge is 0.494 e. The van der Waals surface area contributed by atoms with E-state index in [1.807, 2.05) is 24.3 Å². The van der Waals surface area contributed by atoms with E-state index in [2.05, 4.69) is 17.6 Å². The van der Waals surface area contributed by atoms with Gasteiger partial charge in [-0.15, -0.1) is 12.4 Å². The molecule has 0 spiro atoms. The maximum atomic E-state index is 11.8. The molecule has 1 fully saturated rings. The van der Waals surface area contributed by atoms with Crippen molar-refractivity contribution in [1.82, 2.24) is 10.6 Å². The van der Waals surface area contributed by atoms with Gasteiger partial charge in [-0.2, -0.15) is 0 Å². The van der Waals surface area contributed by atoms with E-state index in [0.29, 0.717) is 12.4 Å². The standard InChI is InChI=1S/C16H24N2O3.ClH/c1-2-11-20-14-3-5-15(6-4-14)21-12-16(19)18-13-7-9-17-10-8-13;/h3-6,13,17H,2,7-12H2,1H3,(H,18,19);1H. The van der Waals surface area contributed by atoms with Crippen molar-refractivity contribution >= 4 is 18.3 Å². The molecule has 0 radical (unpaired) electrons. The van der Waals surface area contributed by atoms with E-state index in [-0.39, 0.29) is 31.0 Å². The van der Waals surface area contributed by atoms with Gasteiger partial charge >= 0.3 is 0 Å². The molecule has 0 bridgehead atoms. The fourth-order valence-corrected chi connectivity index (χ4v) is 2.24. The Morgan fingerprint density at radius 2 is 1.77 bits per heavy atom. The monoisotopic (exact) mass is 328 g/mol. The molecule has 22 heavy (non-hydrogen) atoms. The maximum absolute atomic E-state index is 11.8. The minimum atomic E-state index is -0.0618. The van der Waals surface area contributed by atoms with Gasteiger partial charge in [-0.3, -0.25) is 4.79 Å². The van der Waals surface area contributed by atoms with E-state index < -0.39 is 0 Å². The Morgan fingerprint density at radius 1 is 1.18 bits per heavy atom. The van der Waals surface area contributed by atoms with Gasteiger partial charge in [-0.1, -0.05) is 6.92 Å². The van der Waals surface area contributed by atoms with Crippen LogP contribution in [0.25, 0.3) is 0 Å². The number of nitrogens with one attached hydrogen (secondary N) is 2. The molecule has 0 saturated carbocycles. The minimum Gasteiger partial charge on any atom is -0.494 e. The Balaban J connectivity index is 0.00000242. The smallest absolute Gasteiger partial charge is 0.258 e. The van der Waals surface area contributed by atoms with Crippen molar-refractivity contribution in [3.63, 3.8) is 0 Å². The Kier molecular flexibility index (Phi) is 8.70. The lowest BCUT2D eigenvalue weighted by Gasteiger charge is -2.23. The quantitative estimate of drug-likeness (QED) is 0.805. The molecule has 1 aromatic carbocycles. The molecule has 1 saturated heterocycles. The third-order valence-corrected chi connectivity index (χ3v) is 3.37. The van der Waals surface area contributed by atoms with E-state index in [1.54, 1.807) is 0 Å². The Hall–Kier alpha value is -1.46. The molecule has 1 aliphatic rings. The predicted molar refractivity (Wildman–Crippen MR) is 89.0 cm³/mol. The lowest BCUT2D eigenvalue weighted by atomic mass is 10.1. The third-order valence-electron chi connectivity index (χ3n) is 3.37. The minimum absolute atomic E-state index is 0. The lowest BCUT2D eigenvalue weighted by Crippen LogP contribution is -2.44. The number of carbonyl (C=O) groups excluding carboxylic acids is 1. The van der Waals surface area contributed by atoms with Crippen LogP contribution in [0.3, 0.4) is 0 Å². The van der Waals surface area contributed by atoms with E-state index in [0.717, 1.165) is 38.1 Å². The van der Waals surface area contributed by atoms with Crippen LogP contribution in [-0.4, -0.2) is 38.3 Å². The second kappa shape index (κ2) is 10.3. The van der Waals surface area contributed by atoms with Crippen molar-refractivity contribution in [2.45, 2.75) is 32.2 Å². The summed E-state index contributed by atoms with van der Waals surface area (Å²) in [6, 6.07) is 7.63. The molecule has 0 unspecified atom stereocenters. The van der Waals surface area contributed by atoms with Crippen LogP contribution in [-0.2, 0) is 4.79 Å². The van der Waals surface area contributed by atoms with Crippen LogP contribution in [0.2, 0.25) is 0 Å². The number of carbonyl (C=O) groups is 1. The summed E-state index contributed by atoms with van der Waals surface area (Å²) in [7, 11) is 0. The molecule has 1 aliphatic heterocycles. The highest BCUT2D eigenvalue weighted by atomic mass is 35.5. The van der Waals surface area contributed by atoms with Crippen molar-refractivity contribution in [3.8, 4) is 11.5 Å². The SMILES string of the molecule is CCCOc1ccc(OCC(=O)NC2CCNCC2)cc1.Cl. The van der Waals surface area contributed by atoms with Crippen LogP contribution in [0.1, 0.15) is 26.2 Å². The molecule has 1 amide bonds. The topological polar surface area (TPSA) is 59.6 Å². The van der Waals surface area contributed by atoms with Gasteiger partial charge in [0.25, 0.3) is 5.91 Å². The van der Waals surface area contributed by atoms with Crippen LogP contribution in [0, 0.1) is 0 Å². The first kappa shape index (κ1) is 18.6. The number of halogens is 1. The Morgan fingerprint density at radius 3 is 2.36 bits per heavy atom. The van der Waals surface area contributed by atoms with Gasteiger partial charge in [-0.25, -0.2) is 0 Å². The molecule has 2 rings (SSSR count). The molecule has 5 nitrogen and oxygen atoms in total. The first-order valence-electron chi connectivity index (χ1n) is 7.63. The molecule has 0 aliphatic carbocycles. The summed E-state index contributed by atoms with van der Waals surface area (Å²) in [5.41, 5.74) is 0. The summed E-state index contributed by atoms with van der Waals surface area (Å²) in [6.45, 7) is 4.76. The van der Waals surface area contributed by atoms with Crippen LogP contribution >= 0.6 is 12.4 Å². The van der Waals surface area contributed by atoms with Crippen molar-refractivity contribution in [3.05, 3.63) is 24.3 Å². The molecular formula is C16H25ClN2O3. The zero-order valence-corrected chi connectivity index (χ0v) is 13.8. The maximum Gasteiger partial charge on any atom is 0.258 e. The van der Waals surface area contributed by atoms with Gasteiger partial charge in [0.1, 0.15) is 11.5 Å². The normalized spacial score (nSPS) is 14.8. The van der Waals surface area contributed by atoms with Gasteiger partial charge in [-0.05, 0) is 56.6 Å². The van der Waals surface area contributed by atoms with Crippen LogP contribution < -0.4 is 20.1 Å². The lowest BCUT2D eigenvalue weighted by molar-refractivity contribution is -0.123. The van der Waals surface area contributed by atoms with Gasteiger partial charge in [0.05, 0.1) is 6.61 Å². The third kappa shape index (κ3) is 6.54. The summed E-state index contributed by atoms with van der Waals surface area (Å²) in [5.74, 6) is 1.44. The van der Waals surface area contributed by atoms with Gasteiger partial charge in [0.2, 0.25) is 0 Å². The summed E-state index contributed by atoms with van der Waals surface area (Å²) >= 11 is 0. The predicted octanol–water partition coefficient (Wildman–Crippen LogP) is 2.14. The van der Waals surface area contributed by atoms with Crippen LogP contribution in [0.4, 0.5) is 0 Å². The molecule has 124 valence electrons. The number of ether oxygens (including phenoxy) is 2. The van der Waals surface area contributed by atoms with Gasteiger partial charge in [0.15, 0.2) is 6.61 Å². The van der Waals surface area contributed by atoms with E-state index in [4.69, 9.17) is 9.47 Å². The Bertz CT molecular complexity index is 434. The average molecular weight is 329 g/mol. The van der Waals surface area contributed by atoms with E-state index in [1.165, 1.54) is 0 Å². The molecular weight excluding hydrogens is 304 g/mol. The molecule has 6 heteroatoms. The fraction of sp³-hybridized carbons (Fsp3) is 0.562. The highest BCUT2D eigenvalue weighted by molar-refractivity contribution is 5.85. The average Bonchev–Trinajstić information content (AvgIpc) is 2.53. The number of rotatable bonds is 7. The molecule has 0 aromatic heterocycles. The second-order valence-electron chi connectivity index (χ2n) is 5.20. The van der Waals surface area contributed by atoms with E-state index in [9.17, 15) is 4.79 Å². The summed E-state index contributed by atoms with van der Waals surface area (Å²) in [5, 5.41) is 6.27. The number of piperidine rings is 1. The highest BCUT2D eigenvalue weighted by Crippen LogP contribution is 2.17. The van der Waals surface area contributed by atoms with Gasteiger partial charge < -0.3 is 20.1 Å². The number of hydrogen-bond acceptors (Lipinski definition) is 4. The summed E-state index contributed by atoms with van der Waals surface area (Å²) in [6.07, 6.45) is 2.94. The van der Waals surface area contributed by atoms with Crippen molar-refractivity contribution in [2.24, 2.45) is 0 Å². The van der Waals surface area contributed by atoms with Crippen molar-refractivity contribution in [1.29, 1.82) is 0 Å². The molecule has 0 atom stereocenters. The fourth-order valence-electron chi connectivity index (χ4n) is 2.24. The van der Waals surface area contributed by atoms with E-state index >= 15 is 0 Å². The van der Waals surface area contributed by atoms with Gasteiger partial charge in [0, 0.05) is 6.04 Å². The number of hydrogen-bond donors (Lipinski definition) is 2. The summed E-state index contributed by atoms with van der Waals surface area (Å²) < 4.78 is 11.0. The molecule has 1 heterocycles. The number of benzene rings is 1. The zero-order chi connectivity index (χ0) is 14.9. The Labute approximate surface area is 138 Å². The molecule has 1 aromatic rings. The first-order valence-corrected chi connectivity index (χ1v) is 7.63. The molecule has 2 N–H and O–H groups in total.